The topological polar surface area (TPSA) is 48.5 Å². The molecule has 0 bridgehead atoms. The zero-order valence-electron chi connectivity index (χ0n) is 40.5. The number of fused-ring (bicyclic) bond motifs is 1. The molecule has 0 aliphatic rings. The maximum absolute atomic E-state index is 5.09. The summed E-state index contributed by atoms with van der Waals surface area (Å²) in [6.45, 7) is 0. The number of para-hydroxylation sites is 2. The van der Waals surface area contributed by atoms with E-state index >= 15 is 0 Å². The van der Waals surface area contributed by atoms with Gasteiger partial charge in [0, 0.05) is 29.7 Å². The molecule has 6 heteroatoms. The van der Waals surface area contributed by atoms with Crippen LogP contribution >= 0.6 is 0 Å². The Bertz CT molecular complexity index is 3980. The van der Waals surface area contributed by atoms with E-state index in [0.717, 1.165) is 101 Å². The average molecular weight is 1140 g/mol. The standard InChI is InChI=1S/C69H44N5.Ir/c1-3-20-61(21-4-1)73-46-59(44-71-73)67-28-13-11-26-65(67)57-40-56(41-58(42-57)66-27-12-14-29-68(66)60-45-72-74(47-60)62-22-5-2-6-23-62)64-25-10-9-24-63(64)55-36-37-69(70-43-55)54-19-15-18-52(39-54)49-30-32-50(33-31-49)53-35-34-48-16-7-8-17-51(48)38-53;/h1-18,20,22,24-47H;/q-3;+3. The molecule has 13 aromatic rings. The van der Waals surface area contributed by atoms with E-state index in [2.05, 4.69) is 213 Å². The van der Waals surface area contributed by atoms with Crippen LogP contribution in [0.15, 0.2) is 268 Å². The monoisotopic (exact) mass is 1140 g/mol. The van der Waals surface area contributed by atoms with Gasteiger partial charge in [-0.3, -0.25) is 9.36 Å². The quantitative estimate of drug-likeness (QED) is 0.121. The van der Waals surface area contributed by atoms with Crippen LogP contribution in [-0.2, 0) is 20.1 Å². The minimum absolute atomic E-state index is 0. The van der Waals surface area contributed by atoms with Crippen molar-refractivity contribution in [2.24, 2.45) is 0 Å². The second-order valence-electron chi connectivity index (χ2n) is 18.3. The summed E-state index contributed by atoms with van der Waals surface area (Å²) in [4.78, 5) is 5.09. The fourth-order valence-corrected chi connectivity index (χ4v) is 10.0. The Hall–Kier alpha value is -9.32. The van der Waals surface area contributed by atoms with Gasteiger partial charge in [0.1, 0.15) is 0 Å². The second kappa shape index (κ2) is 20.7. The van der Waals surface area contributed by atoms with Crippen molar-refractivity contribution in [3.63, 3.8) is 0 Å². The molecule has 0 aliphatic carbocycles. The Labute approximate surface area is 450 Å². The summed E-state index contributed by atoms with van der Waals surface area (Å²) < 4.78 is 3.77. The van der Waals surface area contributed by atoms with E-state index in [0.29, 0.717) is 0 Å². The molecule has 0 saturated carbocycles. The van der Waals surface area contributed by atoms with Gasteiger partial charge in [-0.2, -0.15) is 58.7 Å². The van der Waals surface area contributed by atoms with E-state index in [-0.39, 0.29) is 20.1 Å². The molecule has 3 heterocycles. The Balaban J connectivity index is 0.00000569. The fourth-order valence-electron chi connectivity index (χ4n) is 10.0. The molecule has 0 radical (unpaired) electrons. The van der Waals surface area contributed by atoms with Crippen LogP contribution in [0.4, 0.5) is 0 Å². The Morgan fingerprint density at radius 3 is 1.23 bits per heavy atom. The largest absolute Gasteiger partial charge is 3.00 e. The van der Waals surface area contributed by atoms with E-state index in [9.17, 15) is 0 Å². The van der Waals surface area contributed by atoms with Crippen LogP contribution in [0.2, 0.25) is 0 Å². The SMILES string of the molecule is [Ir+3].[c-]1ccc(-c2ccc(-c3ccc4ccccc4c3)cc2)cc1-c1ccc(-c2ccccc2-c2cc(-c3ccccc3-c3cnn(-c4[c-]cccc4)c3)cc(-c3ccccc3-c3cnn(-c4[c-]cccc4)c3)c2)cn1. The summed E-state index contributed by atoms with van der Waals surface area (Å²) in [7, 11) is 0. The van der Waals surface area contributed by atoms with Crippen molar-refractivity contribution in [1.82, 2.24) is 24.5 Å². The molecule has 0 saturated heterocycles. The molecular formula is C69H44IrN5. The number of pyridine rings is 1. The molecule has 13 rings (SSSR count). The van der Waals surface area contributed by atoms with Gasteiger partial charge in [-0.25, -0.2) is 0 Å². The molecule has 0 amide bonds. The minimum Gasteiger partial charge on any atom is -0.304 e. The van der Waals surface area contributed by atoms with E-state index in [1.54, 1.807) is 0 Å². The van der Waals surface area contributed by atoms with E-state index in [1.165, 1.54) is 21.9 Å². The molecule has 354 valence electrons. The first-order valence-electron chi connectivity index (χ1n) is 24.7. The van der Waals surface area contributed by atoms with Crippen molar-refractivity contribution >= 4 is 10.8 Å². The molecule has 0 fully saturated rings. The van der Waals surface area contributed by atoms with Crippen LogP contribution in [0.3, 0.4) is 0 Å². The van der Waals surface area contributed by atoms with Crippen molar-refractivity contribution in [3.8, 4) is 112 Å². The van der Waals surface area contributed by atoms with Gasteiger partial charge in [-0.1, -0.05) is 146 Å². The minimum atomic E-state index is 0. The molecular weight excluding hydrogens is 1090 g/mol. The van der Waals surface area contributed by atoms with Gasteiger partial charge in [0.2, 0.25) is 0 Å². The zero-order chi connectivity index (χ0) is 49.2. The first-order chi connectivity index (χ1) is 36.6. The van der Waals surface area contributed by atoms with Crippen LogP contribution in [0.25, 0.3) is 122 Å². The normalized spacial score (nSPS) is 11.1. The molecule has 5 nitrogen and oxygen atoms in total. The first kappa shape index (κ1) is 46.7. The molecule has 3 aromatic heterocycles. The number of rotatable bonds is 11. The summed E-state index contributed by atoms with van der Waals surface area (Å²) in [5.41, 5.74) is 21.1. The number of nitrogens with zero attached hydrogens (tertiary/aromatic N) is 5. The molecule has 0 spiro atoms. The summed E-state index contributed by atoms with van der Waals surface area (Å²) in [5, 5.41) is 12.0. The van der Waals surface area contributed by atoms with E-state index in [1.807, 2.05) is 82.6 Å². The molecule has 0 N–H and O–H groups in total. The Morgan fingerprint density at radius 1 is 0.293 bits per heavy atom. The van der Waals surface area contributed by atoms with Gasteiger partial charge >= 0.3 is 20.1 Å². The molecule has 75 heavy (non-hydrogen) atoms. The van der Waals surface area contributed by atoms with Crippen molar-refractivity contribution in [2.45, 2.75) is 0 Å². The predicted molar refractivity (Wildman–Crippen MR) is 301 cm³/mol. The van der Waals surface area contributed by atoms with Crippen LogP contribution in [-0.4, -0.2) is 24.5 Å². The van der Waals surface area contributed by atoms with Crippen molar-refractivity contribution in [2.75, 3.05) is 0 Å². The second-order valence-corrected chi connectivity index (χ2v) is 18.3. The smallest absolute Gasteiger partial charge is 0.304 e. The van der Waals surface area contributed by atoms with Crippen LogP contribution in [0.5, 0.6) is 0 Å². The van der Waals surface area contributed by atoms with E-state index in [4.69, 9.17) is 15.2 Å². The van der Waals surface area contributed by atoms with Gasteiger partial charge < -0.3 is 4.98 Å². The van der Waals surface area contributed by atoms with Gasteiger partial charge in [-0.05, 0) is 124 Å². The Morgan fingerprint density at radius 2 is 0.733 bits per heavy atom. The van der Waals surface area contributed by atoms with Crippen LogP contribution in [0, 0.1) is 18.2 Å². The summed E-state index contributed by atoms with van der Waals surface area (Å²) in [6.07, 6.45) is 10.0. The zero-order valence-corrected chi connectivity index (χ0v) is 42.9. The van der Waals surface area contributed by atoms with Gasteiger partial charge in [0.15, 0.2) is 0 Å². The number of benzene rings is 10. The number of aromatic nitrogens is 5. The molecule has 0 unspecified atom stereocenters. The summed E-state index contributed by atoms with van der Waals surface area (Å²) in [5.74, 6) is 0. The average Bonchev–Trinajstić information content (AvgIpc) is 4.21. The first-order valence-corrected chi connectivity index (χ1v) is 24.7. The van der Waals surface area contributed by atoms with Crippen molar-refractivity contribution in [3.05, 3.63) is 286 Å². The van der Waals surface area contributed by atoms with E-state index < -0.39 is 0 Å². The maximum atomic E-state index is 5.09. The van der Waals surface area contributed by atoms with Gasteiger partial charge in [0.25, 0.3) is 0 Å². The third-order valence-electron chi connectivity index (χ3n) is 13.8. The van der Waals surface area contributed by atoms with Crippen molar-refractivity contribution < 1.29 is 20.1 Å². The van der Waals surface area contributed by atoms with Crippen LogP contribution < -0.4 is 0 Å². The number of hydrogen-bond donors (Lipinski definition) is 0. The Kier molecular flexibility index (Phi) is 12.9. The van der Waals surface area contributed by atoms with Crippen molar-refractivity contribution in [1.29, 1.82) is 0 Å². The fraction of sp³-hybridized carbons (Fsp3) is 0. The third kappa shape index (κ3) is 9.48. The predicted octanol–water partition coefficient (Wildman–Crippen LogP) is 17.0. The third-order valence-corrected chi connectivity index (χ3v) is 13.8. The summed E-state index contributed by atoms with van der Waals surface area (Å²) >= 11 is 0. The number of hydrogen-bond acceptors (Lipinski definition) is 3. The van der Waals surface area contributed by atoms with Gasteiger partial charge in [-0.15, -0.1) is 47.5 Å². The molecule has 0 atom stereocenters. The molecule has 10 aromatic carbocycles. The maximum Gasteiger partial charge on any atom is 3.00 e. The molecule has 0 aliphatic heterocycles. The van der Waals surface area contributed by atoms with Gasteiger partial charge in [0.05, 0.1) is 12.4 Å². The summed E-state index contributed by atoms with van der Waals surface area (Å²) in [6, 6.07) is 93.2. The van der Waals surface area contributed by atoms with Crippen LogP contribution in [0.1, 0.15) is 0 Å².